The molecule has 1 aliphatic heterocycles. The Morgan fingerprint density at radius 3 is 2.69 bits per heavy atom. The molecule has 0 amide bonds. The molecule has 0 spiro atoms. The zero-order chi connectivity index (χ0) is 23.0. The van der Waals surface area contributed by atoms with Crippen LogP contribution in [-0.4, -0.2) is 61.4 Å². The molecule has 3 aromatic rings. The molecule has 166 valence electrons. The number of anilines is 1. The molecule has 0 unspecified atom stereocenters. The van der Waals surface area contributed by atoms with Gasteiger partial charge in [-0.1, -0.05) is 0 Å². The molecule has 1 saturated heterocycles. The highest BCUT2D eigenvalue weighted by Crippen LogP contribution is 2.29. The molecule has 32 heavy (non-hydrogen) atoms. The number of aromatic nitrogens is 4. The molecule has 12 heteroatoms. The number of pyridine rings is 2. The molecule has 3 aromatic heterocycles. The Hall–Kier alpha value is -3.67. The van der Waals surface area contributed by atoms with Crippen molar-refractivity contribution in [2.24, 2.45) is 5.92 Å². The number of nitrogens with zero attached hydrogens (tertiary/aromatic N) is 5. The summed E-state index contributed by atoms with van der Waals surface area (Å²) in [6, 6.07) is 1.69. The summed E-state index contributed by atoms with van der Waals surface area (Å²) in [5.74, 6) is -1.84. The molecule has 1 fully saturated rings. The van der Waals surface area contributed by atoms with Gasteiger partial charge in [-0.05, 0) is 25.5 Å². The third-order valence-electron chi connectivity index (χ3n) is 5.21. The number of esters is 1. The molecule has 0 atom stereocenters. The van der Waals surface area contributed by atoms with Crippen LogP contribution in [-0.2, 0) is 14.3 Å². The predicted octanol–water partition coefficient (Wildman–Crippen LogP) is 1.20. The molecular formula is C20H19N5O6S. The highest BCUT2D eigenvalue weighted by Gasteiger charge is 2.35. The number of carbonyl (C=O) groups is 3. The molecule has 0 aromatic carbocycles. The number of rotatable bonds is 7. The summed E-state index contributed by atoms with van der Waals surface area (Å²) >= 11 is 1.04. The summed E-state index contributed by atoms with van der Waals surface area (Å²) < 4.78 is 10.2. The van der Waals surface area contributed by atoms with Gasteiger partial charge in [0.1, 0.15) is 24.1 Å². The highest BCUT2D eigenvalue weighted by molar-refractivity contribution is 7.08. The number of ketones is 1. The van der Waals surface area contributed by atoms with Crippen LogP contribution in [0.2, 0.25) is 0 Å². The lowest BCUT2D eigenvalue weighted by Crippen LogP contribution is -2.51. The van der Waals surface area contributed by atoms with Crippen LogP contribution in [0, 0.1) is 12.8 Å². The second-order valence-corrected chi connectivity index (χ2v) is 8.08. The Kier molecular flexibility index (Phi) is 5.70. The van der Waals surface area contributed by atoms with Crippen LogP contribution in [0.25, 0.3) is 16.2 Å². The van der Waals surface area contributed by atoms with Crippen LogP contribution in [0.5, 0.6) is 0 Å². The number of hydrogen-bond acceptors (Lipinski definition) is 10. The molecule has 0 bridgehead atoms. The SMILES string of the molecule is CCOC(=O)CC(=O)C1CN(c2cc(C)c3c(=O)c(C(=O)O)cn(-c4ncns4)c3n2)C1. The first-order valence-corrected chi connectivity index (χ1v) is 10.6. The highest BCUT2D eigenvalue weighted by atomic mass is 32.1. The average Bonchev–Trinajstić information content (AvgIpc) is 3.21. The number of Topliss-reactive ketones (excluding diaryl/α,β-unsaturated/α-hetero) is 1. The number of carboxylic acid groups (broad SMARTS) is 1. The molecule has 0 aliphatic carbocycles. The number of carbonyl (C=O) groups excluding carboxylic acids is 2. The van der Waals surface area contributed by atoms with E-state index in [1.54, 1.807) is 19.9 Å². The van der Waals surface area contributed by atoms with Crippen LogP contribution < -0.4 is 10.3 Å². The maximum absolute atomic E-state index is 12.8. The lowest BCUT2D eigenvalue weighted by atomic mass is 9.93. The fraction of sp³-hybridized carbons (Fsp3) is 0.350. The normalized spacial score (nSPS) is 13.8. The minimum absolute atomic E-state index is 0.180. The first-order valence-electron chi connectivity index (χ1n) is 9.80. The largest absolute Gasteiger partial charge is 0.477 e. The summed E-state index contributed by atoms with van der Waals surface area (Å²) in [7, 11) is 0. The smallest absolute Gasteiger partial charge is 0.341 e. The number of aromatic carboxylic acids is 1. The molecule has 0 saturated carbocycles. The zero-order valence-corrected chi connectivity index (χ0v) is 18.1. The van der Waals surface area contributed by atoms with Gasteiger partial charge in [0.05, 0.1) is 17.9 Å². The van der Waals surface area contributed by atoms with E-state index in [0.29, 0.717) is 29.6 Å². The number of aryl methyl sites for hydroxylation is 1. The van der Waals surface area contributed by atoms with Crippen molar-refractivity contribution in [2.45, 2.75) is 20.3 Å². The van der Waals surface area contributed by atoms with Crippen LogP contribution >= 0.6 is 11.5 Å². The predicted molar refractivity (Wildman–Crippen MR) is 114 cm³/mol. The van der Waals surface area contributed by atoms with Crippen molar-refractivity contribution in [3.63, 3.8) is 0 Å². The number of hydrogen-bond donors (Lipinski definition) is 1. The van der Waals surface area contributed by atoms with Crippen molar-refractivity contribution in [1.29, 1.82) is 0 Å². The minimum Gasteiger partial charge on any atom is -0.477 e. The minimum atomic E-state index is -1.34. The molecule has 11 nitrogen and oxygen atoms in total. The third kappa shape index (κ3) is 3.84. The van der Waals surface area contributed by atoms with E-state index in [1.807, 2.05) is 4.90 Å². The first kappa shape index (κ1) is 21.6. The van der Waals surface area contributed by atoms with Gasteiger partial charge in [0, 0.05) is 30.8 Å². The summed E-state index contributed by atoms with van der Waals surface area (Å²) in [5, 5.41) is 10.0. The Morgan fingerprint density at radius 2 is 2.06 bits per heavy atom. The summed E-state index contributed by atoms with van der Waals surface area (Å²) in [6.45, 7) is 4.37. The van der Waals surface area contributed by atoms with Crippen molar-refractivity contribution < 1.29 is 24.2 Å². The maximum atomic E-state index is 12.8. The van der Waals surface area contributed by atoms with Crippen molar-refractivity contribution >= 4 is 46.1 Å². The lowest BCUT2D eigenvalue weighted by Gasteiger charge is -2.39. The van der Waals surface area contributed by atoms with Gasteiger partial charge >= 0.3 is 11.9 Å². The lowest BCUT2D eigenvalue weighted by molar-refractivity contribution is -0.146. The van der Waals surface area contributed by atoms with E-state index in [0.717, 1.165) is 11.5 Å². The van der Waals surface area contributed by atoms with E-state index >= 15 is 0 Å². The van der Waals surface area contributed by atoms with Gasteiger partial charge in [-0.2, -0.15) is 4.37 Å². The van der Waals surface area contributed by atoms with Crippen LogP contribution in [0.1, 0.15) is 29.3 Å². The van der Waals surface area contributed by atoms with Crippen molar-refractivity contribution in [3.05, 3.63) is 39.9 Å². The number of fused-ring (bicyclic) bond motifs is 1. The van der Waals surface area contributed by atoms with E-state index in [1.165, 1.54) is 17.1 Å². The van der Waals surface area contributed by atoms with Crippen molar-refractivity contribution in [3.8, 4) is 5.13 Å². The summed E-state index contributed by atoms with van der Waals surface area (Å²) in [6.07, 6.45) is 2.27. The van der Waals surface area contributed by atoms with Gasteiger partial charge in [-0.3, -0.25) is 19.0 Å². The quantitative estimate of drug-likeness (QED) is 0.406. The Bertz CT molecular complexity index is 1280. The second kappa shape index (κ2) is 8.46. The molecular weight excluding hydrogens is 438 g/mol. The Morgan fingerprint density at radius 1 is 1.31 bits per heavy atom. The Labute approximate surface area is 185 Å². The van der Waals surface area contributed by atoms with Crippen LogP contribution in [0.3, 0.4) is 0 Å². The standard InChI is InChI=1S/C20H19N5O6S/c1-3-31-15(27)5-13(26)11-6-24(7-11)14-4-10(2)16-17(28)12(19(29)30)8-25(18(16)23-14)20-21-9-22-32-20/h4,8-9,11H,3,5-7H2,1-2H3,(H,29,30). The van der Waals surface area contributed by atoms with E-state index in [4.69, 9.17) is 4.74 Å². The van der Waals surface area contributed by atoms with Gasteiger partial charge in [0.15, 0.2) is 11.4 Å². The molecule has 4 rings (SSSR count). The van der Waals surface area contributed by atoms with E-state index < -0.39 is 17.4 Å². The third-order valence-corrected chi connectivity index (χ3v) is 5.88. The maximum Gasteiger partial charge on any atom is 0.341 e. The monoisotopic (exact) mass is 457 g/mol. The average molecular weight is 457 g/mol. The zero-order valence-electron chi connectivity index (χ0n) is 17.3. The fourth-order valence-corrected chi connectivity index (χ4v) is 4.09. The van der Waals surface area contributed by atoms with Crippen molar-refractivity contribution in [2.75, 3.05) is 24.6 Å². The molecule has 4 heterocycles. The molecule has 1 N–H and O–H groups in total. The number of carboxylic acids is 1. The van der Waals surface area contributed by atoms with Gasteiger partial charge in [-0.15, -0.1) is 0 Å². The van der Waals surface area contributed by atoms with Gasteiger partial charge in [-0.25, -0.2) is 14.8 Å². The topological polar surface area (TPSA) is 145 Å². The van der Waals surface area contributed by atoms with E-state index in [9.17, 15) is 24.3 Å². The van der Waals surface area contributed by atoms with Gasteiger partial charge < -0.3 is 14.7 Å². The van der Waals surface area contributed by atoms with Gasteiger partial charge in [0.2, 0.25) is 10.6 Å². The second-order valence-electron chi connectivity index (χ2n) is 7.32. The molecule has 1 aliphatic rings. The molecule has 0 radical (unpaired) electrons. The van der Waals surface area contributed by atoms with E-state index in [2.05, 4.69) is 14.3 Å². The summed E-state index contributed by atoms with van der Waals surface area (Å²) in [5.41, 5.74) is -0.208. The van der Waals surface area contributed by atoms with Gasteiger partial charge in [0.25, 0.3) is 0 Å². The van der Waals surface area contributed by atoms with Crippen LogP contribution in [0.4, 0.5) is 5.82 Å². The van der Waals surface area contributed by atoms with Crippen LogP contribution in [0.15, 0.2) is 23.4 Å². The fourth-order valence-electron chi connectivity index (χ4n) is 3.58. The first-order chi connectivity index (χ1) is 15.3. The summed E-state index contributed by atoms with van der Waals surface area (Å²) in [4.78, 5) is 58.8. The van der Waals surface area contributed by atoms with Crippen molar-refractivity contribution in [1.82, 2.24) is 18.9 Å². The Balaban J connectivity index is 1.69. The number of ether oxygens (including phenoxy) is 1. The van der Waals surface area contributed by atoms with E-state index in [-0.39, 0.29) is 41.3 Å².